The monoisotopic (exact) mass is 302 g/mol. The fourth-order valence-corrected chi connectivity index (χ4v) is 4.05. The van der Waals surface area contributed by atoms with E-state index in [9.17, 15) is 0 Å². The molecule has 0 amide bonds. The highest BCUT2D eigenvalue weighted by molar-refractivity contribution is 5.82. The minimum atomic E-state index is 0.364. The molecule has 4 rings (SSSR count). The summed E-state index contributed by atoms with van der Waals surface area (Å²) in [5.74, 6) is 1.86. The molecular weight excluding hydrogens is 280 g/mol. The average Bonchev–Trinajstić information content (AvgIpc) is 3.16. The van der Waals surface area contributed by atoms with Gasteiger partial charge in [-0.2, -0.15) is 0 Å². The van der Waals surface area contributed by atoms with Crippen molar-refractivity contribution in [2.75, 3.05) is 7.11 Å². The summed E-state index contributed by atoms with van der Waals surface area (Å²) in [6, 6.07) is 15.3. The highest BCUT2D eigenvalue weighted by Gasteiger charge is 2.33. The molecule has 2 aliphatic carbocycles. The standard InChI is InChI=1S/C22H22O/c1-14(2)16-9-6-10-18(16)22-19-8-5-4-7-17(19)21-13-15(23-3)11-12-20(21)22/h4-5,7-14,22H,6H2,1-3H3. The van der Waals surface area contributed by atoms with Crippen molar-refractivity contribution in [3.63, 3.8) is 0 Å². The molecule has 0 saturated carbocycles. The van der Waals surface area contributed by atoms with Crippen LogP contribution in [0.15, 0.2) is 65.8 Å². The van der Waals surface area contributed by atoms with Crippen molar-refractivity contribution in [2.45, 2.75) is 26.2 Å². The molecule has 0 N–H and O–H groups in total. The SMILES string of the molecule is COc1ccc2c(c1)-c1ccccc1C2C1=CCC=C1C(C)C. The van der Waals surface area contributed by atoms with E-state index in [-0.39, 0.29) is 0 Å². The molecule has 1 unspecified atom stereocenters. The van der Waals surface area contributed by atoms with Crippen molar-refractivity contribution in [3.05, 3.63) is 76.9 Å². The average molecular weight is 302 g/mol. The Morgan fingerprint density at radius 3 is 2.52 bits per heavy atom. The maximum Gasteiger partial charge on any atom is 0.119 e. The Balaban J connectivity index is 1.91. The molecule has 2 aromatic rings. The molecule has 116 valence electrons. The van der Waals surface area contributed by atoms with Gasteiger partial charge >= 0.3 is 0 Å². The summed E-state index contributed by atoms with van der Waals surface area (Å²) in [7, 11) is 1.74. The van der Waals surface area contributed by atoms with Crippen LogP contribution in [0.4, 0.5) is 0 Å². The zero-order valence-corrected chi connectivity index (χ0v) is 14.0. The zero-order chi connectivity index (χ0) is 16.0. The third-order valence-electron chi connectivity index (χ3n) is 5.08. The molecular formula is C22H22O. The van der Waals surface area contributed by atoms with Crippen LogP contribution in [0.1, 0.15) is 37.3 Å². The summed E-state index contributed by atoms with van der Waals surface area (Å²) < 4.78 is 5.45. The van der Waals surface area contributed by atoms with Gasteiger partial charge in [-0.25, -0.2) is 0 Å². The maximum absolute atomic E-state index is 5.45. The predicted molar refractivity (Wildman–Crippen MR) is 95.9 cm³/mol. The lowest BCUT2D eigenvalue weighted by Crippen LogP contribution is -2.06. The van der Waals surface area contributed by atoms with E-state index >= 15 is 0 Å². The van der Waals surface area contributed by atoms with Gasteiger partial charge in [-0.05, 0) is 57.9 Å². The first kappa shape index (κ1) is 14.3. The number of benzene rings is 2. The lowest BCUT2D eigenvalue weighted by Gasteiger charge is -2.21. The topological polar surface area (TPSA) is 9.23 Å². The molecule has 2 aromatic carbocycles. The molecule has 1 heteroatoms. The van der Waals surface area contributed by atoms with Gasteiger partial charge in [0.25, 0.3) is 0 Å². The van der Waals surface area contributed by atoms with Crippen molar-refractivity contribution < 1.29 is 4.74 Å². The third-order valence-corrected chi connectivity index (χ3v) is 5.08. The van der Waals surface area contributed by atoms with Crippen LogP contribution in [0.3, 0.4) is 0 Å². The lowest BCUT2D eigenvalue weighted by atomic mass is 9.83. The number of rotatable bonds is 3. The molecule has 0 aromatic heterocycles. The third kappa shape index (κ3) is 2.15. The second-order valence-corrected chi connectivity index (χ2v) is 6.68. The molecule has 0 saturated heterocycles. The molecule has 1 atom stereocenters. The summed E-state index contributed by atoms with van der Waals surface area (Å²) in [6.45, 7) is 4.58. The fraction of sp³-hybridized carbons (Fsp3) is 0.273. The normalized spacial score (nSPS) is 18.5. The molecule has 2 aliphatic rings. The first-order chi connectivity index (χ1) is 11.2. The van der Waals surface area contributed by atoms with Crippen LogP contribution in [0, 0.1) is 5.92 Å². The van der Waals surface area contributed by atoms with Crippen molar-refractivity contribution in [2.24, 2.45) is 5.92 Å². The Bertz CT molecular complexity index is 824. The fourth-order valence-electron chi connectivity index (χ4n) is 4.05. The second kappa shape index (κ2) is 5.42. The first-order valence-corrected chi connectivity index (χ1v) is 8.38. The predicted octanol–water partition coefficient (Wildman–Crippen LogP) is 5.72. The molecule has 0 fully saturated rings. The Kier molecular flexibility index (Phi) is 3.37. The summed E-state index contributed by atoms with van der Waals surface area (Å²) in [5, 5.41) is 0. The Morgan fingerprint density at radius 1 is 0.957 bits per heavy atom. The van der Waals surface area contributed by atoms with Crippen molar-refractivity contribution in [3.8, 4) is 16.9 Å². The maximum atomic E-state index is 5.45. The van der Waals surface area contributed by atoms with Crippen molar-refractivity contribution in [1.82, 2.24) is 0 Å². The Morgan fingerprint density at radius 2 is 1.74 bits per heavy atom. The summed E-state index contributed by atoms with van der Waals surface area (Å²) in [4.78, 5) is 0. The quantitative estimate of drug-likeness (QED) is 0.704. The van der Waals surface area contributed by atoms with Gasteiger partial charge in [-0.1, -0.05) is 56.3 Å². The number of hydrogen-bond donors (Lipinski definition) is 0. The molecule has 23 heavy (non-hydrogen) atoms. The van der Waals surface area contributed by atoms with Gasteiger partial charge in [-0.15, -0.1) is 0 Å². The van der Waals surface area contributed by atoms with E-state index in [2.05, 4.69) is 68.5 Å². The van der Waals surface area contributed by atoms with Crippen molar-refractivity contribution in [1.29, 1.82) is 0 Å². The van der Waals surface area contributed by atoms with Gasteiger partial charge in [0.05, 0.1) is 7.11 Å². The van der Waals surface area contributed by atoms with Crippen LogP contribution in [0.5, 0.6) is 5.75 Å². The molecule has 0 aliphatic heterocycles. The first-order valence-electron chi connectivity index (χ1n) is 8.38. The van der Waals surface area contributed by atoms with Crippen LogP contribution >= 0.6 is 0 Å². The summed E-state index contributed by atoms with van der Waals surface area (Å²) >= 11 is 0. The number of ether oxygens (including phenoxy) is 1. The van der Waals surface area contributed by atoms with E-state index in [0.717, 1.165) is 12.2 Å². The van der Waals surface area contributed by atoms with Gasteiger partial charge in [-0.3, -0.25) is 0 Å². The highest BCUT2D eigenvalue weighted by atomic mass is 16.5. The van der Waals surface area contributed by atoms with E-state index in [1.807, 2.05) is 0 Å². The van der Waals surface area contributed by atoms with Crippen LogP contribution < -0.4 is 4.74 Å². The largest absolute Gasteiger partial charge is 0.497 e. The lowest BCUT2D eigenvalue weighted by molar-refractivity contribution is 0.415. The Labute approximate surface area is 138 Å². The van der Waals surface area contributed by atoms with E-state index in [1.165, 1.54) is 33.4 Å². The van der Waals surface area contributed by atoms with E-state index in [0.29, 0.717) is 11.8 Å². The van der Waals surface area contributed by atoms with Gasteiger partial charge in [0.15, 0.2) is 0 Å². The van der Waals surface area contributed by atoms with Crippen LogP contribution in [0.25, 0.3) is 11.1 Å². The van der Waals surface area contributed by atoms with Crippen LogP contribution in [0.2, 0.25) is 0 Å². The number of methoxy groups -OCH3 is 1. The van der Waals surface area contributed by atoms with Gasteiger partial charge in [0, 0.05) is 5.92 Å². The van der Waals surface area contributed by atoms with E-state index < -0.39 is 0 Å². The molecule has 1 nitrogen and oxygen atoms in total. The number of hydrogen-bond acceptors (Lipinski definition) is 1. The minimum Gasteiger partial charge on any atom is -0.497 e. The van der Waals surface area contributed by atoms with Gasteiger partial charge < -0.3 is 4.74 Å². The van der Waals surface area contributed by atoms with Crippen LogP contribution in [-0.4, -0.2) is 7.11 Å². The number of fused-ring (bicyclic) bond motifs is 3. The van der Waals surface area contributed by atoms with Crippen molar-refractivity contribution >= 4 is 0 Å². The highest BCUT2D eigenvalue weighted by Crippen LogP contribution is 2.52. The van der Waals surface area contributed by atoms with E-state index in [1.54, 1.807) is 7.11 Å². The van der Waals surface area contributed by atoms with Gasteiger partial charge in [0.1, 0.15) is 5.75 Å². The zero-order valence-electron chi connectivity index (χ0n) is 14.0. The summed E-state index contributed by atoms with van der Waals surface area (Å²) in [6.07, 6.45) is 5.87. The van der Waals surface area contributed by atoms with E-state index in [4.69, 9.17) is 4.74 Å². The molecule has 0 bridgehead atoms. The molecule has 0 heterocycles. The Hall–Kier alpha value is -2.28. The van der Waals surface area contributed by atoms with Gasteiger partial charge in [0.2, 0.25) is 0 Å². The number of allylic oxidation sites excluding steroid dienone is 4. The van der Waals surface area contributed by atoms with Crippen LogP contribution in [-0.2, 0) is 0 Å². The minimum absolute atomic E-state index is 0.364. The second-order valence-electron chi connectivity index (χ2n) is 6.68. The molecule has 0 radical (unpaired) electrons. The molecule has 0 spiro atoms. The summed E-state index contributed by atoms with van der Waals surface area (Å²) in [5.41, 5.74) is 8.51. The smallest absolute Gasteiger partial charge is 0.119 e.